The van der Waals surface area contributed by atoms with Crippen molar-refractivity contribution in [1.82, 2.24) is 14.2 Å². The number of ether oxygens (including phenoxy) is 1. The summed E-state index contributed by atoms with van der Waals surface area (Å²) in [5.74, 6) is 0.00714. The lowest BCUT2D eigenvalue weighted by Gasteiger charge is -2.20. The number of aryl methyl sites for hydroxylation is 1. The second-order valence-electron chi connectivity index (χ2n) is 8.24. The number of nitrogens with one attached hydrogen (secondary N) is 1. The predicted octanol–water partition coefficient (Wildman–Crippen LogP) is 2.89. The molecule has 0 aliphatic carbocycles. The molecule has 0 bridgehead atoms. The molecule has 2 aliphatic heterocycles. The normalized spacial score (nSPS) is 21.0. The van der Waals surface area contributed by atoms with Gasteiger partial charge in [-0.15, -0.1) is 0 Å². The van der Waals surface area contributed by atoms with E-state index in [4.69, 9.17) is 4.74 Å². The summed E-state index contributed by atoms with van der Waals surface area (Å²) in [4.78, 5) is 12.5. The van der Waals surface area contributed by atoms with Crippen molar-refractivity contribution >= 4 is 26.8 Å². The van der Waals surface area contributed by atoms with E-state index in [2.05, 4.69) is 5.32 Å². The van der Waals surface area contributed by atoms with Crippen LogP contribution in [0.5, 0.6) is 0 Å². The number of nitrogens with zero attached hydrogens (tertiary/aromatic N) is 2. The first-order valence-electron chi connectivity index (χ1n) is 11.0. The van der Waals surface area contributed by atoms with E-state index in [1.807, 2.05) is 22.9 Å². The van der Waals surface area contributed by atoms with Crippen LogP contribution in [0.4, 0.5) is 0 Å². The Morgan fingerprint density at radius 1 is 1.10 bits per heavy atom. The van der Waals surface area contributed by atoms with E-state index >= 15 is 0 Å². The van der Waals surface area contributed by atoms with Gasteiger partial charge in [-0.3, -0.25) is 4.79 Å². The highest BCUT2D eigenvalue weighted by atomic mass is 32.2. The zero-order valence-corrected chi connectivity index (χ0v) is 18.2. The zero-order valence-electron chi connectivity index (χ0n) is 17.4. The van der Waals surface area contributed by atoms with E-state index in [0.29, 0.717) is 37.5 Å². The first-order valence-corrected chi connectivity index (χ1v) is 12.5. The van der Waals surface area contributed by atoms with Crippen molar-refractivity contribution in [2.24, 2.45) is 0 Å². The molecule has 30 heavy (non-hydrogen) atoms. The number of hydrogen-bond acceptors (Lipinski definition) is 4. The fourth-order valence-corrected chi connectivity index (χ4v) is 5.86. The summed E-state index contributed by atoms with van der Waals surface area (Å²) in [6.45, 7) is 3.11. The average Bonchev–Trinajstić information content (AvgIpc) is 3.32. The molecular weight excluding hydrogens is 402 g/mol. The van der Waals surface area contributed by atoms with Crippen LogP contribution in [0.3, 0.4) is 0 Å². The molecule has 1 amide bonds. The molecule has 2 saturated heterocycles. The van der Waals surface area contributed by atoms with Gasteiger partial charge in [-0.1, -0.05) is 12.8 Å². The number of carbonyl (C=O) groups is 1. The van der Waals surface area contributed by atoms with E-state index in [0.717, 1.165) is 56.0 Å². The van der Waals surface area contributed by atoms with Crippen molar-refractivity contribution in [1.29, 1.82) is 0 Å². The van der Waals surface area contributed by atoms with Crippen LogP contribution in [0.2, 0.25) is 0 Å². The SMILES string of the molecule is O=C(CCn1ccc2cc(S(=O)(=O)N3CCCCCC3)ccc21)NCC1CCCO1. The summed E-state index contributed by atoms with van der Waals surface area (Å²) in [6, 6.07) is 7.21. The van der Waals surface area contributed by atoms with Crippen LogP contribution in [0.1, 0.15) is 44.9 Å². The predicted molar refractivity (Wildman–Crippen MR) is 116 cm³/mol. The van der Waals surface area contributed by atoms with E-state index in [-0.39, 0.29) is 12.0 Å². The highest BCUT2D eigenvalue weighted by Gasteiger charge is 2.25. The molecule has 3 heterocycles. The molecule has 0 spiro atoms. The van der Waals surface area contributed by atoms with Crippen LogP contribution < -0.4 is 5.32 Å². The molecule has 0 saturated carbocycles. The smallest absolute Gasteiger partial charge is 0.243 e. The summed E-state index contributed by atoms with van der Waals surface area (Å²) in [7, 11) is -3.46. The maximum atomic E-state index is 13.0. The Labute approximate surface area is 178 Å². The minimum Gasteiger partial charge on any atom is -0.376 e. The Balaban J connectivity index is 1.40. The third kappa shape index (κ3) is 4.87. The monoisotopic (exact) mass is 433 g/mol. The van der Waals surface area contributed by atoms with E-state index in [1.54, 1.807) is 16.4 Å². The van der Waals surface area contributed by atoms with Gasteiger partial charge >= 0.3 is 0 Å². The fourth-order valence-electron chi connectivity index (χ4n) is 4.31. The lowest BCUT2D eigenvalue weighted by molar-refractivity contribution is -0.121. The van der Waals surface area contributed by atoms with Gasteiger partial charge in [0.2, 0.25) is 15.9 Å². The molecule has 7 nitrogen and oxygen atoms in total. The van der Waals surface area contributed by atoms with E-state index in [1.165, 1.54) is 0 Å². The van der Waals surface area contributed by atoms with Gasteiger partial charge in [-0.2, -0.15) is 4.31 Å². The van der Waals surface area contributed by atoms with Crippen molar-refractivity contribution in [3.8, 4) is 0 Å². The van der Waals surface area contributed by atoms with Crippen LogP contribution in [0.15, 0.2) is 35.4 Å². The number of carbonyl (C=O) groups excluding carboxylic acids is 1. The highest BCUT2D eigenvalue weighted by Crippen LogP contribution is 2.25. The molecule has 1 atom stereocenters. The number of rotatable bonds is 7. The van der Waals surface area contributed by atoms with Crippen LogP contribution in [-0.2, 0) is 26.1 Å². The molecule has 2 fully saturated rings. The zero-order chi connectivity index (χ0) is 21.0. The molecule has 8 heteroatoms. The van der Waals surface area contributed by atoms with Crippen LogP contribution in [0.25, 0.3) is 10.9 Å². The average molecular weight is 434 g/mol. The summed E-state index contributed by atoms with van der Waals surface area (Å²) < 4.78 is 35.2. The first-order chi connectivity index (χ1) is 14.5. The molecule has 0 radical (unpaired) electrons. The second-order valence-corrected chi connectivity index (χ2v) is 10.2. The highest BCUT2D eigenvalue weighted by molar-refractivity contribution is 7.89. The van der Waals surface area contributed by atoms with Gasteiger partial charge in [0, 0.05) is 56.3 Å². The molecule has 1 aromatic carbocycles. The lowest BCUT2D eigenvalue weighted by Crippen LogP contribution is -2.32. The van der Waals surface area contributed by atoms with E-state index in [9.17, 15) is 13.2 Å². The van der Waals surface area contributed by atoms with Gasteiger partial charge in [-0.25, -0.2) is 8.42 Å². The van der Waals surface area contributed by atoms with Gasteiger partial charge < -0.3 is 14.6 Å². The minimum absolute atomic E-state index is 0.00714. The Bertz CT molecular complexity index is 971. The Morgan fingerprint density at radius 2 is 1.90 bits per heavy atom. The van der Waals surface area contributed by atoms with Crippen LogP contribution >= 0.6 is 0 Å². The van der Waals surface area contributed by atoms with Crippen LogP contribution in [-0.4, -0.2) is 55.5 Å². The number of hydrogen-bond donors (Lipinski definition) is 1. The van der Waals surface area contributed by atoms with Gasteiger partial charge in [0.05, 0.1) is 11.0 Å². The largest absolute Gasteiger partial charge is 0.376 e. The van der Waals surface area contributed by atoms with Gasteiger partial charge in [0.15, 0.2) is 0 Å². The number of fused-ring (bicyclic) bond motifs is 1. The number of aromatic nitrogens is 1. The molecule has 1 unspecified atom stereocenters. The Kier molecular flexibility index (Phi) is 6.75. The molecular formula is C22H31N3O4S. The Morgan fingerprint density at radius 3 is 2.63 bits per heavy atom. The standard InChI is InChI=1S/C22H31N3O4S/c26-22(23-17-19-6-5-15-29-19)10-14-24-13-9-18-16-20(7-8-21(18)24)30(27,28)25-11-3-1-2-4-12-25/h7-9,13,16,19H,1-6,10-12,14-15,17H2,(H,23,26). The molecule has 164 valence electrons. The van der Waals surface area contributed by atoms with E-state index < -0.39 is 10.0 Å². The third-order valence-corrected chi connectivity index (χ3v) is 7.97. The maximum Gasteiger partial charge on any atom is 0.243 e. The molecule has 1 N–H and O–H groups in total. The second kappa shape index (κ2) is 9.49. The molecule has 2 aromatic rings. The minimum atomic E-state index is -3.46. The van der Waals surface area contributed by atoms with Gasteiger partial charge in [0.1, 0.15) is 0 Å². The quantitative estimate of drug-likeness (QED) is 0.728. The van der Waals surface area contributed by atoms with Crippen molar-refractivity contribution in [2.75, 3.05) is 26.2 Å². The Hall–Kier alpha value is -1.90. The van der Waals surface area contributed by atoms with Crippen molar-refractivity contribution in [3.63, 3.8) is 0 Å². The number of amides is 1. The lowest BCUT2D eigenvalue weighted by atomic mass is 10.2. The van der Waals surface area contributed by atoms with Crippen molar-refractivity contribution in [3.05, 3.63) is 30.5 Å². The topological polar surface area (TPSA) is 80.6 Å². The number of benzene rings is 1. The van der Waals surface area contributed by atoms with Gasteiger partial charge in [-0.05, 0) is 49.9 Å². The number of sulfonamides is 1. The summed E-state index contributed by atoms with van der Waals surface area (Å²) in [5.41, 5.74) is 0.941. The summed E-state index contributed by atoms with van der Waals surface area (Å²) >= 11 is 0. The van der Waals surface area contributed by atoms with Crippen LogP contribution in [0, 0.1) is 0 Å². The van der Waals surface area contributed by atoms with Crippen molar-refractivity contribution in [2.45, 2.75) is 62.5 Å². The molecule has 4 rings (SSSR count). The third-order valence-electron chi connectivity index (χ3n) is 6.08. The summed E-state index contributed by atoms with van der Waals surface area (Å²) in [6.07, 6.45) is 8.54. The molecule has 2 aliphatic rings. The summed E-state index contributed by atoms with van der Waals surface area (Å²) in [5, 5.41) is 3.82. The fraction of sp³-hybridized carbons (Fsp3) is 0.591. The first kappa shape index (κ1) is 21.3. The molecule has 1 aromatic heterocycles. The maximum absolute atomic E-state index is 13.0. The van der Waals surface area contributed by atoms with Crippen molar-refractivity contribution < 1.29 is 17.9 Å². The van der Waals surface area contributed by atoms with Gasteiger partial charge in [0.25, 0.3) is 0 Å².